The predicted octanol–water partition coefficient (Wildman–Crippen LogP) is -1.29. The third kappa shape index (κ3) is 6.14. The molecule has 0 rings (SSSR count). The molecule has 0 aliphatic rings. The van der Waals surface area contributed by atoms with Gasteiger partial charge in [-0.2, -0.15) is 9.69 Å². The highest BCUT2D eigenvalue weighted by Crippen LogP contribution is 2.36. The van der Waals surface area contributed by atoms with Crippen molar-refractivity contribution in [3.8, 4) is 0 Å². The molecule has 0 fully saturated rings. The van der Waals surface area contributed by atoms with E-state index in [1.165, 1.54) is 0 Å². The van der Waals surface area contributed by atoms with Crippen molar-refractivity contribution in [3.63, 3.8) is 0 Å². The van der Waals surface area contributed by atoms with E-state index in [1.54, 1.807) is 0 Å². The summed E-state index contributed by atoms with van der Waals surface area (Å²) in [5, 5.41) is 0.570. The van der Waals surface area contributed by atoms with Crippen molar-refractivity contribution in [2.75, 3.05) is 13.1 Å². The summed E-state index contributed by atoms with van der Waals surface area (Å²) in [6.45, 7) is -0.742. The molecule has 0 aromatic heterocycles. The molecule has 0 aliphatic carbocycles. The summed E-state index contributed by atoms with van der Waals surface area (Å²) < 4.78 is 14.1. The zero-order chi connectivity index (χ0) is 9.61. The normalized spacial score (nSPS) is 11.6. The maximum atomic E-state index is 10.2. The summed E-state index contributed by atoms with van der Waals surface area (Å²) >= 11 is 0. The van der Waals surface area contributed by atoms with Crippen LogP contribution in [-0.4, -0.2) is 40.5 Å². The number of nitrogens with zero attached hydrogens (tertiary/aromatic N) is 1. The zero-order valence-corrected chi connectivity index (χ0v) is 6.89. The summed E-state index contributed by atoms with van der Waals surface area (Å²) in [7, 11) is -4.67. The molecule has 0 amide bonds. The van der Waals surface area contributed by atoms with E-state index in [9.17, 15) is 14.2 Å². The summed E-state index contributed by atoms with van der Waals surface area (Å²) in [5.41, 5.74) is 0. The Balaban J connectivity index is 4.02. The van der Waals surface area contributed by atoms with Gasteiger partial charge >= 0.3 is 7.82 Å². The lowest BCUT2D eigenvalue weighted by Crippen LogP contribution is -2.26. The minimum absolute atomic E-state index is 0.360. The van der Waals surface area contributed by atoms with Crippen LogP contribution in [0.5, 0.6) is 0 Å². The quantitative estimate of drug-likeness (QED) is 0.310. The molecule has 0 aromatic carbocycles. The SMILES string of the molecule is O=CCN(CC=O)OP(=O)(O)O. The van der Waals surface area contributed by atoms with Crippen LogP contribution in [0.1, 0.15) is 0 Å². The number of rotatable bonds is 6. The maximum absolute atomic E-state index is 10.2. The Morgan fingerprint density at radius 2 is 1.67 bits per heavy atom. The van der Waals surface area contributed by atoms with Crippen molar-refractivity contribution in [1.29, 1.82) is 0 Å². The minimum atomic E-state index is -4.67. The lowest BCUT2D eigenvalue weighted by atomic mass is 10.6. The van der Waals surface area contributed by atoms with Gasteiger partial charge in [-0.05, 0) is 0 Å². The monoisotopic (exact) mass is 197 g/mol. The molecule has 70 valence electrons. The Morgan fingerprint density at radius 1 is 1.25 bits per heavy atom. The highest BCUT2D eigenvalue weighted by molar-refractivity contribution is 7.46. The summed E-state index contributed by atoms with van der Waals surface area (Å²) in [6.07, 6.45) is 0.721. The summed E-state index contributed by atoms with van der Waals surface area (Å²) in [4.78, 5) is 36.3. The molecular formula is C4H8NO6P. The van der Waals surface area contributed by atoms with E-state index in [0.717, 1.165) is 0 Å². The van der Waals surface area contributed by atoms with Crippen LogP contribution in [0, 0.1) is 0 Å². The van der Waals surface area contributed by atoms with Gasteiger partial charge in [-0.1, -0.05) is 0 Å². The molecule has 0 saturated carbocycles. The molecule has 8 heteroatoms. The van der Waals surface area contributed by atoms with Crippen molar-refractivity contribution in [1.82, 2.24) is 5.06 Å². The van der Waals surface area contributed by atoms with Crippen molar-refractivity contribution in [3.05, 3.63) is 0 Å². The molecule has 0 spiro atoms. The molecule has 0 heterocycles. The number of phosphoric acid groups is 1. The zero-order valence-electron chi connectivity index (χ0n) is 5.99. The Kier molecular flexibility index (Phi) is 4.87. The van der Waals surface area contributed by atoms with E-state index >= 15 is 0 Å². The van der Waals surface area contributed by atoms with Crippen molar-refractivity contribution < 1.29 is 28.6 Å². The number of carbonyl (C=O) groups is 2. The number of carbonyl (C=O) groups excluding carboxylic acids is 2. The van der Waals surface area contributed by atoms with Crippen LogP contribution < -0.4 is 0 Å². The average Bonchev–Trinajstić information content (AvgIpc) is 1.84. The number of hydrogen-bond acceptors (Lipinski definition) is 5. The molecule has 0 bridgehead atoms. The van der Waals surface area contributed by atoms with E-state index in [0.29, 0.717) is 17.6 Å². The molecule has 12 heavy (non-hydrogen) atoms. The first-order valence-corrected chi connectivity index (χ1v) is 4.40. The van der Waals surface area contributed by atoms with Gasteiger partial charge in [0.15, 0.2) is 0 Å². The number of hydrogen-bond donors (Lipinski definition) is 2. The van der Waals surface area contributed by atoms with Crippen LogP contribution in [0.4, 0.5) is 0 Å². The first kappa shape index (κ1) is 11.4. The molecule has 0 unspecified atom stereocenters. The summed E-state index contributed by atoms with van der Waals surface area (Å²) in [5.74, 6) is 0. The molecule has 0 aromatic rings. The van der Waals surface area contributed by atoms with Gasteiger partial charge in [0, 0.05) is 0 Å². The van der Waals surface area contributed by atoms with Crippen LogP contribution >= 0.6 is 7.82 Å². The van der Waals surface area contributed by atoms with Gasteiger partial charge in [-0.15, -0.1) is 0 Å². The van der Waals surface area contributed by atoms with Crippen molar-refractivity contribution >= 4 is 20.4 Å². The van der Waals surface area contributed by atoms with Gasteiger partial charge < -0.3 is 19.4 Å². The highest BCUT2D eigenvalue weighted by atomic mass is 31.2. The van der Waals surface area contributed by atoms with Gasteiger partial charge in [0.25, 0.3) is 0 Å². The number of hydroxylamine groups is 2. The first-order chi connectivity index (χ1) is 5.49. The fourth-order valence-corrected chi connectivity index (χ4v) is 0.892. The second kappa shape index (κ2) is 5.13. The molecule has 0 aliphatic heterocycles. The van der Waals surface area contributed by atoms with Crippen molar-refractivity contribution in [2.24, 2.45) is 0 Å². The molecule has 0 saturated heterocycles. The van der Waals surface area contributed by atoms with E-state index in [-0.39, 0.29) is 13.1 Å². The molecule has 2 N–H and O–H groups in total. The van der Waals surface area contributed by atoms with E-state index in [2.05, 4.69) is 4.62 Å². The average molecular weight is 197 g/mol. The predicted molar refractivity (Wildman–Crippen MR) is 36.8 cm³/mol. The van der Waals surface area contributed by atoms with Crippen LogP contribution in [-0.2, 0) is 18.8 Å². The molecule has 0 radical (unpaired) electrons. The second-order valence-electron chi connectivity index (χ2n) is 1.75. The largest absolute Gasteiger partial charge is 0.486 e. The second-order valence-corrected chi connectivity index (χ2v) is 2.90. The van der Waals surface area contributed by atoms with Crippen LogP contribution in [0.3, 0.4) is 0 Å². The Bertz CT molecular complexity index is 190. The third-order valence-corrected chi connectivity index (χ3v) is 1.22. The Labute approximate surface area is 68.1 Å². The topological polar surface area (TPSA) is 104 Å². The van der Waals surface area contributed by atoms with Gasteiger partial charge in [0.05, 0.1) is 13.1 Å². The van der Waals surface area contributed by atoms with Gasteiger partial charge in [-0.25, -0.2) is 4.57 Å². The van der Waals surface area contributed by atoms with E-state index < -0.39 is 7.82 Å². The first-order valence-electron chi connectivity index (χ1n) is 2.87. The van der Waals surface area contributed by atoms with Crippen LogP contribution in [0.15, 0.2) is 0 Å². The lowest BCUT2D eigenvalue weighted by Gasteiger charge is -2.15. The van der Waals surface area contributed by atoms with Crippen LogP contribution in [0.25, 0.3) is 0 Å². The fraction of sp³-hybridized carbons (Fsp3) is 0.500. The third-order valence-electron chi connectivity index (χ3n) is 0.778. The Hall–Kier alpha value is -0.590. The van der Waals surface area contributed by atoms with Crippen LogP contribution in [0.2, 0.25) is 0 Å². The van der Waals surface area contributed by atoms with Crippen molar-refractivity contribution in [2.45, 2.75) is 0 Å². The maximum Gasteiger partial charge on any atom is 0.486 e. The van der Waals surface area contributed by atoms with Gasteiger partial charge in [-0.3, -0.25) is 0 Å². The Morgan fingerprint density at radius 3 is 1.92 bits per heavy atom. The number of aldehydes is 2. The van der Waals surface area contributed by atoms with Gasteiger partial charge in [0.2, 0.25) is 0 Å². The highest BCUT2D eigenvalue weighted by Gasteiger charge is 2.19. The molecule has 0 atom stereocenters. The lowest BCUT2D eigenvalue weighted by molar-refractivity contribution is -0.128. The summed E-state index contributed by atoms with van der Waals surface area (Å²) in [6, 6.07) is 0. The molecule has 7 nitrogen and oxygen atoms in total. The minimum Gasteiger partial charge on any atom is -0.302 e. The van der Waals surface area contributed by atoms with E-state index in [4.69, 9.17) is 9.79 Å². The molecular weight excluding hydrogens is 189 g/mol. The fourth-order valence-electron chi connectivity index (χ4n) is 0.458. The van der Waals surface area contributed by atoms with E-state index in [1.807, 2.05) is 0 Å². The smallest absolute Gasteiger partial charge is 0.302 e. The standard InChI is InChI=1S/C4H8NO6P/c6-3-1-5(2-4-7)11-12(8,9)10/h3-4H,1-2H2,(H2,8,9,10). The van der Waals surface area contributed by atoms with Gasteiger partial charge in [0.1, 0.15) is 12.6 Å².